The summed E-state index contributed by atoms with van der Waals surface area (Å²) < 4.78 is 1.88. The zero-order valence-electron chi connectivity index (χ0n) is 10.8. The number of aromatic nitrogens is 2. The molecule has 0 aliphatic heterocycles. The summed E-state index contributed by atoms with van der Waals surface area (Å²) in [6, 6.07) is 2.09. The lowest BCUT2D eigenvalue weighted by molar-refractivity contribution is -0.137. The predicted molar refractivity (Wildman–Crippen MR) is 65.8 cm³/mol. The number of rotatable bonds is 7. The van der Waals surface area contributed by atoms with Crippen LogP contribution in [0, 0.1) is 0 Å². The molecule has 0 aliphatic carbocycles. The van der Waals surface area contributed by atoms with E-state index < -0.39 is 5.97 Å². The first-order valence-electron chi connectivity index (χ1n) is 6.02. The van der Waals surface area contributed by atoms with Crippen molar-refractivity contribution in [2.24, 2.45) is 7.05 Å². The molecule has 0 atom stereocenters. The van der Waals surface area contributed by atoms with Crippen LogP contribution in [0.5, 0.6) is 0 Å². The molecule has 1 aromatic rings. The summed E-state index contributed by atoms with van der Waals surface area (Å²) in [6.07, 6.45) is 1.11. The molecular formula is C12H21N3O2. The maximum Gasteiger partial charge on any atom is 0.304 e. The van der Waals surface area contributed by atoms with Gasteiger partial charge in [0.1, 0.15) is 0 Å². The van der Waals surface area contributed by atoms with Crippen LogP contribution in [0.2, 0.25) is 0 Å². The number of carboxylic acid groups (broad SMARTS) is 1. The molecule has 0 aromatic carbocycles. The Morgan fingerprint density at radius 1 is 1.53 bits per heavy atom. The van der Waals surface area contributed by atoms with E-state index in [0.717, 1.165) is 30.9 Å². The zero-order valence-corrected chi connectivity index (χ0v) is 10.8. The lowest BCUT2D eigenvalue weighted by Gasteiger charge is -2.19. The normalized spacial score (nSPS) is 11.1. The molecule has 0 saturated heterocycles. The van der Waals surface area contributed by atoms with Gasteiger partial charge in [0.15, 0.2) is 0 Å². The van der Waals surface area contributed by atoms with E-state index in [0.29, 0.717) is 6.54 Å². The molecule has 1 rings (SSSR count). The van der Waals surface area contributed by atoms with Crippen molar-refractivity contribution in [2.45, 2.75) is 33.2 Å². The number of carbonyl (C=O) groups is 1. The van der Waals surface area contributed by atoms with Crippen LogP contribution in [0.15, 0.2) is 6.07 Å². The molecule has 0 aliphatic rings. The van der Waals surface area contributed by atoms with Gasteiger partial charge in [-0.1, -0.05) is 13.8 Å². The Hall–Kier alpha value is -1.36. The summed E-state index contributed by atoms with van der Waals surface area (Å²) in [5, 5.41) is 13.1. The zero-order chi connectivity index (χ0) is 12.8. The van der Waals surface area contributed by atoms with Crippen molar-refractivity contribution in [3.8, 4) is 0 Å². The number of nitrogens with zero attached hydrogens (tertiary/aromatic N) is 3. The predicted octanol–water partition coefficient (Wildman–Crippen LogP) is 1.28. The van der Waals surface area contributed by atoms with E-state index in [9.17, 15) is 4.79 Å². The fraction of sp³-hybridized carbons (Fsp3) is 0.667. The van der Waals surface area contributed by atoms with Gasteiger partial charge in [-0.2, -0.15) is 5.10 Å². The molecule has 1 N–H and O–H groups in total. The first-order chi connectivity index (χ1) is 8.06. The lowest BCUT2D eigenvalue weighted by Crippen LogP contribution is -2.26. The molecular weight excluding hydrogens is 218 g/mol. The second kappa shape index (κ2) is 6.39. The van der Waals surface area contributed by atoms with Crippen LogP contribution < -0.4 is 0 Å². The molecule has 0 saturated carbocycles. The molecule has 96 valence electrons. The second-order valence-corrected chi connectivity index (χ2v) is 4.12. The summed E-state index contributed by atoms with van der Waals surface area (Å²) in [4.78, 5) is 12.7. The smallest absolute Gasteiger partial charge is 0.304 e. The van der Waals surface area contributed by atoms with E-state index >= 15 is 0 Å². The summed E-state index contributed by atoms with van der Waals surface area (Å²) >= 11 is 0. The second-order valence-electron chi connectivity index (χ2n) is 4.12. The Bertz CT molecular complexity index is 374. The van der Waals surface area contributed by atoms with Gasteiger partial charge in [0.05, 0.1) is 17.8 Å². The van der Waals surface area contributed by atoms with E-state index in [-0.39, 0.29) is 6.42 Å². The highest BCUT2D eigenvalue weighted by molar-refractivity contribution is 5.66. The van der Waals surface area contributed by atoms with E-state index in [4.69, 9.17) is 5.11 Å². The van der Waals surface area contributed by atoms with Crippen molar-refractivity contribution in [1.82, 2.24) is 14.7 Å². The third-order valence-corrected chi connectivity index (χ3v) is 2.86. The molecule has 0 radical (unpaired) electrons. The van der Waals surface area contributed by atoms with E-state index in [1.807, 2.05) is 18.7 Å². The highest BCUT2D eigenvalue weighted by Crippen LogP contribution is 2.08. The number of carboxylic acids is 1. The van der Waals surface area contributed by atoms with E-state index in [1.165, 1.54) is 0 Å². The van der Waals surface area contributed by atoms with Gasteiger partial charge < -0.3 is 5.11 Å². The molecule has 0 bridgehead atoms. The molecule has 5 nitrogen and oxygen atoms in total. The van der Waals surface area contributed by atoms with Crippen LogP contribution in [-0.2, 0) is 24.8 Å². The lowest BCUT2D eigenvalue weighted by atomic mass is 10.3. The molecule has 0 spiro atoms. The summed E-state index contributed by atoms with van der Waals surface area (Å²) in [5.41, 5.74) is 2.21. The SMILES string of the molecule is CCc1cc(CN(CC)CCC(=O)O)n(C)n1. The Morgan fingerprint density at radius 2 is 2.24 bits per heavy atom. The summed E-state index contributed by atoms with van der Waals surface area (Å²) in [6.45, 7) is 6.30. The van der Waals surface area contributed by atoms with Crippen LogP contribution in [-0.4, -0.2) is 38.8 Å². The Kier molecular flexibility index (Phi) is 5.15. The standard InChI is InChI=1S/C12H21N3O2/c1-4-10-8-11(14(3)13-10)9-15(5-2)7-6-12(16)17/h8H,4-7,9H2,1-3H3,(H,16,17). The van der Waals surface area contributed by atoms with Crippen LogP contribution >= 0.6 is 0 Å². The molecule has 0 amide bonds. The number of hydrogen-bond acceptors (Lipinski definition) is 3. The van der Waals surface area contributed by atoms with Gasteiger partial charge in [-0.05, 0) is 19.0 Å². The van der Waals surface area contributed by atoms with Gasteiger partial charge in [0, 0.05) is 20.1 Å². The first-order valence-corrected chi connectivity index (χ1v) is 6.02. The topological polar surface area (TPSA) is 58.4 Å². The minimum Gasteiger partial charge on any atom is -0.481 e. The summed E-state index contributed by atoms with van der Waals surface area (Å²) in [5.74, 6) is -0.747. The van der Waals surface area contributed by atoms with Crippen molar-refractivity contribution in [2.75, 3.05) is 13.1 Å². The quantitative estimate of drug-likeness (QED) is 0.778. The van der Waals surface area contributed by atoms with Crippen molar-refractivity contribution in [1.29, 1.82) is 0 Å². The average molecular weight is 239 g/mol. The van der Waals surface area contributed by atoms with Crippen molar-refractivity contribution in [3.05, 3.63) is 17.5 Å². The fourth-order valence-electron chi connectivity index (χ4n) is 1.72. The molecule has 0 fully saturated rings. The van der Waals surface area contributed by atoms with Gasteiger partial charge in [0.2, 0.25) is 0 Å². The molecule has 0 unspecified atom stereocenters. The Labute approximate surface area is 102 Å². The maximum absolute atomic E-state index is 10.5. The minimum atomic E-state index is -0.747. The Balaban J connectivity index is 2.60. The van der Waals surface area contributed by atoms with Crippen molar-refractivity contribution >= 4 is 5.97 Å². The highest BCUT2D eigenvalue weighted by atomic mass is 16.4. The number of aliphatic carboxylic acids is 1. The summed E-state index contributed by atoms with van der Waals surface area (Å²) in [7, 11) is 1.93. The molecule has 17 heavy (non-hydrogen) atoms. The number of hydrogen-bond donors (Lipinski definition) is 1. The Morgan fingerprint density at radius 3 is 2.71 bits per heavy atom. The molecule has 1 aromatic heterocycles. The third-order valence-electron chi connectivity index (χ3n) is 2.86. The van der Waals surface area contributed by atoms with Gasteiger partial charge in [-0.15, -0.1) is 0 Å². The highest BCUT2D eigenvalue weighted by Gasteiger charge is 2.10. The average Bonchev–Trinajstić information content (AvgIpc) is 2.65. The van der Waals surface area contributed by atoms with Crippen LogP contribution in [0.4, 0.5) is 0 Å². The monoisotopic (exact) mass is 239 g/mol. The van der Waals surface area contributed by atoms with Crippen LogP contribution in [0.3, 0.4) is 0 Å². The van der Waals surface area contributed by atoms with Crippen molar-refractivity contribution < 1.29 is 9.90 Å². The van der Waals surface area contributed by atoms with Crippen LogP contribution in [0.1, 0.15) is 31.7 Å². The van der Waals surface area contributed by atoms with Crippen molar-refractivity contribution in [3.63, 3.8) is 0 Å². The van der Waals surface area contributed by atoms with E-state index in [2.05, 4.69) is 23.0 Å². The fourth-order valence-corrected chi connectivity index (χ4v) is 1.72. The van der Waals surface area contributed by atoms with Gasteiger partial charge >= 0.3 is 5.97 Å². The molecule has 1 heterocycles. The maximum atomic E-state index is 10.5. The van der Waals surface area contributed by atoms with Gasteiger partial charge in [0.25, 0.3) is 0 Å². The minimum absolute atomic E-state index is 0.187. The largest absolute Gasteiger partial charge is 0.481 e. The van der Waals surface area contributed by atoms with Crippen LogP contribution in [0.25, 0.3) is 0 Å². The number of aryl methyl sites for hydroxylation is 2. The van der Waals surface area contributed by atoms with Gasteiger partial charge in [-0.25, -0.2) is 0 Å². The third kappa shape index (κ3) is 4.19. The van der Waals surface area contributed by atoms with E-state index in [1.54, 1.807) is 0 Å². The van der Waals surface area contributed by atoms with Gasteiger partial charge in [-0.3, -0.25) is 14.4 Å². The molecule has 5 heteroatoms. The first kappa shape index (κ1) is 13.7.